The zero-order chi connectivity index (χ0) is 15.5. The molecule has 0 radical (unpaired) electrons. The Morgan fingerprint density at radius 3 is 2.50 bits per heavy atom. The highest BCUT2D eigenvalue weighted by molar-refractivity contribution is 7.89. The Balaban J connectivity index is 3.09. The van der Waals surface area contributed by atoms with Gasteiger partial charge in [0.15, 0.2) is 0 Å². The van der Waals surface area contributed by atoms with Gasteiger partial charge in [-0.25, -0.2) is 8.42 Å². The number of nitrogens with two attached hydrogens (primary N) is 1. The van der Waals surface area contributed by atoms with Crippen molar-refractivity contribution in [2.24, 2.45) is 0 Å². The molecule has 6 nitrogen and oxygen atoms in total. The Bertz CT molecular complexity index is 612. The smallest absolute Gasteiger partial charge is 0.241 e. The van der Waals surface area contributed by atoms with Crippen molar-refractivity contribution in [1.29, 1.82) is 0 Å². The fraction of sp³-hybridized carbons (Fsp3) is 0.462. The highest BCUT2D eigenvalue weighted by Crippen LogP contribution is 2.22. The van der Waals surface area contributed by atoms with E-state index < -0.39 is 16.1 Å². The quantitative estimate of drug-likeness (QED) is 0.696. The highest BCUT2D eigenvalue weighted by Gasteiger charge is 2.24. The van der Waals surface area contributed by atoms with Gasteiger partial charge < -0.3 is 11.1 Å². The summed E-state index contributed by atoms with van der Waals surface area (Å²) in [5, 5.41) is 2.57. The van der Waals surface area contributed by atoms with Gasteiger partial charge in [-0.3, -0.25) is 4.79 Å². The Hall–Kier alpha value is -1.60. The van der Waals surface area contributed by atoms with E-state index in [0.29, 0.717) is 17.8 Å². The number of rotatable bonds is 5. The Labute approximate surface area is 119 Å². The van der Waals surface area contributed by atoms with Gasteiger partial charge in [-0.1, -0.05) is 0 Å². The van der Waals surface area contributed by atoms with Gasteiger partial charge in [0.05, 0.1) is 10.9 Å². The number of likely N-dealkylation sites (N-methyl/N-ethyl adjacent to an activating group) is 1. The second-order valence-electron chi connectivity index (χ2n) is 4.70. The molecule has 0 bridgehead atoms. The third-order valence-corrected chi connectivity index (χ3v) is 4.67. The molecule has 0 saturated heterocycles. The number of carbonyl (C=O) groups is 1. The lowest BCUT2D eigenvalue weighted by Crippen LogP contribution is -2.44. The molecular formula is C13H21N3O3S. The van der Waals surface area contributed by atoms with Crippen LogP contribution in [0, 0.1) is 13.8 Å². The molecule has 1 rings (SSSR count). The van der Waals surface area contributed by atoms with Crippen LogP contribution >= 0.6 is 0 Å². The minimum absolute atomic E-state index is 0.103. The Kier molecular flexibility index (Phi) is 5.13. The molecule has 4 N–H and O–H groups in total. The fourth-order valence-electron chi connectivity index (χ4n) is 1.81. The largest absolute Gasteiger partial charge is 0.399 e. The van der Waals surface area contributed by atoms with Gasteiger partial charge in [-0.15, -0.1) is 0 Å². The molecule has 112 valence electrons. The maximum atomic E-state index is 12.3. The molecule has 1 amide bonds. The Morgan fingerprint density at radius 1 is 1.35 bits per heavy atom. The summed E-state index contributed by atoms with van der Waals surface area (Å²) in [6.07, 6.45) is 0. The maximum Gasteiger partial charge on any atom is 0.241 e. The van der Waals surface area contributed by atoms with Crippen molar-refractivity contribution >= 4 is 21.6 Å². The highest BCUT2D eigenvalue weighted by atomic mass is 32.2. The monoisotopic (exact) mass is 299 g/mol. The van der Waals surface area contributed by atoms with E-state index in [1.165, 1.54) is 13.0 Å². The number of aryl methyl sites for hydroxylation is 1. The van der Waals surface area contributed by atoms with Gasteiger partial charge in [0.1, 0.15) is 0 Å². The second-order valence-corrected chi connectivity index (χ2v) is 6.38. The van der Waals surface area contributed by atoms with Gasteiger partial charge in [0, 0.05) is 12.2 Å². The third-order valence-electron chi connectivity index (χ3n) is 3.01. The molecule has 0 spiro atoms. The van der Waals surface area contributed by atoms with Crippen LogP contribution in [0.15, 0.2) is 17.0 Å². The standard InChI is InChI=1S/C13H21N3O3S/c1-5-15-13(17)10(4)16-20(18,19)12-7-11(14)6-8(2)9(12)3/h6-7,10,16H,5,14H2,1-4H3,(H,15,17). The molecule has 20 heavy (non-hydrogen) atoms. The van der Waals surface area contributed by atoms with Gasteiger partial charge in [0.25, 0.3) is 0 Å². The second kappa shape index (κ2) is 6.23. The topological polar surface area (TPSA) is 101 Å². The van der Waals surface area contributed by atoms with E-state index in [-0.39, 0.29) is 10.8 Å². The molecule has 0 aromatic heterocycles. The van der Waals surface area contributed by atoms with Crippen molar-refractivity contribution in [2.75, 3.05) is 12.3 Å². The lowest BCUT2D eigenvalue weighted by Gasteiger charge is -2.16. The van der Waals surface area contributed by atoms with E-state index in [0.717, 1.165) is 5.56 Å². The minimum atomic E-state index is -3.79. The number of benzene rings is 1. The predicted octanol–water partition coefficient (Wildman–Crippen LogP) is 0.689. The van der Waals surface area contributed by atoms with Gasteiger partial charge >= 0.3 is 0 Å². The van der Waals surface area contributed by atoms with E-state index in [1.54, 1.807) is 26.8 Å². The number of carbonyl (C=O) groups excluding carboxylic acids is 1. The average molecular weight is 299 g/mol. The molecule has 1 atom stereocenters. The first kappa shape index (κ1) is 16.5. The lowest BCUT2D eigenvalue weighted by molar-refractivity contribution is -0.122. The molecule has 0 aliphatic heterocycles. The van der Waals surface area contributed by atoms with E-state index in [9.17, 15) is 13.2 Å². The summed E-state index contributed by atoms with van der Waals surface area (Å²) in [5.74, 6) is -0.366. The minimum Gasteiger partial charge on any atom is -0.399 e. The van der Waals surface area contributed by atoms with Gasteiger partial charge in [0.2, 0.25) is 15.9 Å². The van der Waals surface area contributed by atoms with Crippen LogP contribution in [0.25, 0.3) is 0 Å². The van der Waals surface area contributed by atoms with Gasteiger partial charge in [-0.2, -0.15) is 4.72 Å². The SMILES string of the molecule is CCNC(=O)C(C)NS(=O)(=O)c1cc(N)cc(C)c1C. The van der Waals surface area contributed by atoms with Crippen LogP contribution in [-0.4, -0.2) is 26.9 Å². The van der Waals surface area contributed by atoms with Crippen molar-refractivity contribution in [2.45, 2.75) is 38.6 Å². The summed E-state index contributed by atoms with van der Waals surface area (Å²) in [6, 6.07) is 2.26. The maximum absolute atomic E-state index is 12.3. The normalized spacial score (nSPS) is 13.0. The number of anilines is 1. The number of hydrogen-bond donors (Lipinski definition) is 3. The first-order valence-corrected chi connectivity index (χ1v) is 7.84. The summed E-state index contributed by atoms with van der Waals surface area (Å²) in [7, 11) is -3.79. The molecule has 1 aromatic rings. The van der Waals surface area contributed by atoms with E-state index in [4.69, 9.17) is 5.73 Å². The number of amides is 1. The number of hydrogen-bond acceptors (Lipinski definition) is 4. The summed E-state index contributed by atoms with van der Waals surface area (Å²) < 4.78 is 27.0. The van der Waals surface area contributed by atoms with Crippen molar-refractivity contribution in [1.82, 2.24) is 10.0 Å². The summed E-state index contributed by atoms with van der Waals surface area (Å²) in [5.41, 5.74) is 7.47. The lowest BCUT2D eigenvalue weighted by atomic mass is 10.1. The number of sulfonamides is 1. The molecule has 0 aliphatic carbocycles. The van der Waals surface area contributed by atoms with Crippen LogP contribution in [0.1, 0.15) is 25.0 Å². The van der Waals surface area contributed by atoms with Crippen LogP contribution in [0.2, 0.25) is 0 Å². The number of nitrogens with one attached hydrogen (secondary N) is 2. The summed E-state index contributed by atoms with van der Waals surface area (Å²) >= 11 is 0. The number of nitrogen functional groups attached to an aromatic ring is 1. The fourth-order valence-corrected chi connectivity index (χ4v) is 3.36. The first-order chi connectivity index (χ1) is 9.19. The van der Waals surface area contributed by atoms with E-state index in [1.807, 2.05) is 0 Å². The molecule has 1 unspecified atom stereocenters. The van der Waals surface area contributed by atoms with Crippen molar-refractivity contribution in [3.63, 3.8) is 0 Å². The van der Waals surface area contributed by atoms with Crippen molar-refractivity contribution in [3.8, 4) is 0 Å². The Morgan fingerprint density at radius 2 is 1.95 bits per heavy atom. The van der Waals surface area contributed by atoms with Crippen LogP contribution in [-0.2, 0) is 14.8 Å². The van der Waals surface area contributed by atoms with E-state index >= 15 is 0 Å². The molecule has 0 fully saturated rings. The zero-order valence-electron chi connectivity index (χ0n) is 12.1. The van der Waals surface area contributed by atoms with Crippen molar-refractivity contribution in [3.05, 3.63) is 23.3 Å². The molecule has 0 heterocycles. The predicted molar refractivity (Wildman–Crippen MR) is 78.8 cm³/mol. The first-order valence-electron chi connectivity index (χ1n) is 6.35. The zero-order valence-corrected chi connectivity index (χ0v) is 13.0. The van der Waals surface area contributed by atoms with Crippen LogP contribution in [0.3, 0.4) is 0 Å². The third kappa shape index (κ3) is 3.71. The average Bonchev–Trinajstić information content (AvgIpc) is 2.33. The van der Waals surface area contributed by atoms with Gasteiger partial charge in [-0.05, 0) is 51.0 Å². The van der Waals surface area contributed by atoms with Crippen LogP contribution in [0.4, 0.5) is 5.69 Å². The van der Waals surface area contributed by atoms with E-state index in [2.05, 4.69) is 10.0 Å². The molecule has 7 heteroatoms. The van der Waals surface area contributed by atoms with Crippen LogP contribution in [0.5, 0.6) is 0 Å². The summed E-state index contributed by atoms with van der Waals surface area (Å²) in [4.78, 5) is 11.7. The summed E-state index contributed by atoms with van der Waals surface area (Å²) in [6.45, 7) is 7.21. The van der Waals surface area contributed by atoms with Crippen molar-refractivity contribution < 1.29 is 13.2 Å². The molecule has 0 aliphatic rings. The molecule has 1 aromatic carbocycles. The molecular weight excluding hydrogens is 278 g/mol. The van der Waals surface area contributed by atoms with Crippen LogP contribution < -0.4 is 15.8 Å². The molecule has 0 saturated carbocycles.